The molecule has 1 aromatic rings. The van der Waals surface area contributed by atoms with Gasteiger partial charge in [0, 0.05) is 28.1 Å². The summed E-state index contributed by atoms with van der Waals surface area (Å²) in [6.07, 6.45) is 10.1. The summed E-state index contributed by atoms with van der Waals surface area (Å²) >= 11 is 8.59. The van der Waals surface area contributed by atoms with Gasteiger partial charge in [-0.3, -0.25) is 4.79 Å². The standard InChI is InChI=1S/C21H29Br2NO4S/c22-17-11-14(29-21(17)23)9-7-13(25)8-10-16-15(18(26)12-19(16)27)5-3-1-2-4-6-20(24)28/h1,3,8,10-11,13,15-16,18-19,25-27H,2,4-7,9,12H2,(H2,24,28)/b3-1-,10-8+/t13?,15-,16?,18?,19?/m1/s1. The van der Waals surface area contributed by atoms with Gasteiger partial charge in [0.15, 0.2) is 0 Å². The number of hydrogen-bond acceptors (Lipinski definition) is 5. The summed E-state index contributed by atoms with van der Waals surface area (Å²) in [5.41, 5.74) is 5.12. The number of aliphatic hydroxyl groups is 3. The van der Waals surface area contributed by atoms with E-state index in [1.54, 1.807) is 17.4 Å². The molecule has 29 heavy (non-hydrogen) atoms. The average Bonchev–Trinajstić information content (AvgIpc) is 3.11. The van der Waals surface area contributed by atoms with Crippen LogP contribution in [0.4, 0.5) is 0 Å². The van der Waals surface area contributed by atoms with Crippen LogP contribution in [0.5, 0.6) is 0 Å². The van der Waals surface area contributed by atoms with E-state index >= 15 is 0 Å². The maximum atomic E-state index is 10.7. The van der Waals surface area contributed by atoms with Crippen LogP contribution in [0, 0.1) is 11.8 Å². The number of primary amides is 1. The minimum atomic E-state index is -0.606. The van der Waals surface area contributed by atoms with Crippen molar-refractivity contribution in [2.45, 2.75) is 63.3 Å². The first-order valence-electron chi connectivity index (χ1n) is 9.87. The van der Waals surface area contributed by atoms with Crippen molar-refractivity contribution < 1.29 is 20.1 Å². The van der Waals surface area contributed by atoms with E-state index in [2.05, 4.69) is 31.9 Å². The maximum Gasteiger partial charge on any atom is 0.217 e. The van der Waals surface area contributed by atoms with E-state index in [0.717, 1.165) is 21.1 Å². The molecular weight excluding hydrogens is 522 g/mol. The lowest BCUT2D eigenvalue weighted by Crippen LogP contribution is -2.20. The summed E-state index contributed by atoms with van der Waals surface area (Å²) in [6.45, 7) is 0. The number of thiophene rings is 1. The molecule has 1 saturated carbocycles. The van der Waals surface area contributed by atoms with E-state index in [1.165, 1.54) is 4.88 Å². The van der Waals surface area contributed by atoms with Crippen LogP contribution in [-0.4, -0.2) is 39.5 Å². The Balaban J connectivity index is 1.83. The third-order valence-electron chi connectivity index (χ3n) is 5.22. The Hall–Kier alpha value is -0.510. The fourth-order valence-corrected chi connectivity index (χ4v) is 5.82. The number of halogens is 2. The van der Waals surface area contributed by atoms with Crippen LogP contribution < -0.4 is 5.73 Å². The van der Waals surface area contributed by atoms with E-state index in [0.29, 0.717) is 32.1 Å². The lowest BCUT2D eigenvalue weighted by atomic mass is 9.89. The SMILES string of the molecule is NC(=O)CCC/C=C\C[C@H]1C(O)CC(O)C1/C=C/C(O)CCc1cc(Br)c(Br)s1. The molecule has 1 fully saturated rings. The van der Waals surface area contributed by atoms with E-state index in [1.807, 2.05) is 24.3 Å². The van der Waals surface area contributed by atoms with Gasteiger partial charge in [0.25, 0.3) is 0 Å². The zero-order chi connectivity index (χ0) is 21.4. The highest BCUT2D eigenvalue weighted by Crippen LogP contribution is 2.36. The first-order valence-corrected chi connectivity index (χ1v) is 12.3. The van der Waals surface area contributed by atoms with Crippen molar-refractivity contribution in [3.05, 3.63) is 43.5 Å². The predicted octanol–water partition coefficient (Wildman–Crippen LogP) is 4.08. The summed E-state index contributed by atoms with van der Waals surface area (Å²) in [5, 5.41) is 30.9. The molecule has 5 atom stereocenters. The first-order chi connectivity index (χ1) is 13.8. The minimum absolute atomic E-state index is 0.0787. The Morgan fingerprint density at radius 1 is 1.31 bits per heavy atom. The number of amides is 1. The highest BCUT2D eigenvalue weighted by atomic mass is 79.9. The Morgan fingerprint density at radius 2 is 2.07 bits per heavy atom. The zero-order valence-electron chi connectivity index (χ0n) is 16.2. The molecule has 4 unspecified atom stereocenters. The maximum absolute atomic E-state index is 10.7. The van der Waals surface area contributed by atoms with Crippen LogP contribution in [-0.2, 0) is 11.2 Å². The number of unbranched alkanes of at least 4 members (excludes halogenated alkanes) is 1. The van der Waals surface area contributed by atoms with Crippen molar-refractivity contribution in [3.63, 3.8) is 0 Å². The van der Waals surface area contributed by atoms with E-state index < -0.39 is 18.3 Å². The number of aliphatic hydroxyl groups excluding tert-OH is 3. The van der Waals surface area contributed by atoms with Gasteiger partial charge in [-0.15, -0.1) is 11.3 Å². The molecule has 0 spiro atoms. The topological polar surface area (TPSA) is 104 Å². The van der Waals surface area contributed by atoms with Crippen molar-refractivity contribution in [2.75, 3.05) is 0 Å². The highest BCUT2D eigenvalue weighted by molar-refractivity contribution is 9.13. The third-order valence-corrected chi connectivity index (χ3v) is 8.54. The molecule has 0 radical (unpaired) electrons. The Morgan fingerprint density at radius 3 is 2.72 bits per heavy atom. The van der Waals surface area contributed by atoms with Crippen molar-refractivity contribution in [2.24, 2.45) is 17.6 Å². The molecule has 0 aromatic carbocycles. The molecular formula is C21H29Br2NO4S. The Labute approximate surface area is 193 Å². The molecule has 1 amide bonds. The van der Waals surface area contributed by atoms with E-state index in [-0.39, 0.29) is 17.7 Å². The van der Waals surface area contributed by atoms with Crippen molar-refractivity contribution in [1.82, 2.24) is 0 Å². The number of aryl methyl sites for hydroxylation is 1. The van der Waals surface area contributed by atoms with Crippen LogP contribution in [0.25, 0.3) is 0 Å². The molecule has 1 heterocycles. The molecule has 5 nitrogen and oxygen atoms in total. The second-order valence-electron chi connectivity index (χ2n) is 7.50. The number of hydrogen-bond donors (Lipinski definition) is 4. The number of allylic oxidation sites excluding steroid dienone is 2. The van der Waals surface area contributed by atoms with Crippen LogP contribution in [0.3, 0.4) is 0 Å². The normalized spacial score (nSPS) is 26.0. The smallest absolute Gasteiger partial charge is 0.217 e. The van der Waals surface area contributed by atoms with E-state index in [9.17, 15) is 20.1 Å². The second-order valence-corrected chi connectivity index (χ2v) is 10.8. The molecule has 1 aliphatic rings. The van der Waals surface area contributed by atoms with Gasteiger partial charge in [0.1, 0.15) is 0 Å². The van der Waals surface area contributed by atoms with Gasteiger partial charge in [0.2, 0.25) is 5.91 Å². The van der Waals surface area contributed by atoms with Crippen LogP contribution >= 0.6 is 43.2 Å². The predicted molar refractivity (Wildman–Crippen MR) is 124 cm³/mol. The Kier molecular flexibility index (Phi) is 10.6. The number of nitrogens with two attached hydrogens (primary N) is 1. The molecule has 1 aliphatic carbocycles. The molecule has 2 rings (SSSR count). The molecule has 0 aliphatic heterocycles. The summed E-state index contributed by atoms with van der Waals surface area (Å²) in [4.78, 5) is 11.9. The number of carbonyl (C=O) groups is 1. The van der Waals surface area contributed by atoms with E-state index in [4.69, 9.17) is 5.73 Å². The van der Waals surface area contributed by atoms with Crippen LogP contribution in [0.15, 0.2) is 38.6 Å². The minimum Gasteiger partial charge on any atom is -0.393 e. The van der Waals surface area contributed by atoms with Gasteiger partial charge in [-0.1, -0.05) is 24.3 Å². The monoisotopic (exact) mass is 549 g/mol. The first kappa shape index (κ1) is 24.8. The molecule has 8 heteroatoms. The van der Waals surface area contributed by atoms with Crippen LogP contribution in [0.1, 0.15) is 43.4 Å². The number of rotatable bonds is 11. The quantitative estimate of drug-likeness (QED) is 0.246. The summed E-state index contributed by atoms with van der Waals surface area (Å²) in [6, 6.07) is 2.05. The second kappa shape index (κ2) is 12.4. The third kappa shape index (κ3) is 8.26. The lowest BCUT2D eigenvalue weighted by Gasteiger charge is -2.19. The van der Waals surface area contributed by atoms with Gasteiger partial charge in [-0.25, -0.2) is 0 Å². The highest BCUT2D eigenvalue weighted by Gasteiger charge is 2.39. The average molecular weight is 551 g/mol. The van der Waals surface area contributed by atoms with Gasteiger partial charge < -0.3 is 21.1 Å². The van der Waals surface area contributed by atoms with Gasteiger partial charge in [0.05, 0.1) is 22.1 Å². The molecule has 5 N–H and O–H groups in total. The van der Waals surface area contributed by atoms with Crippen molar-refractivity contribution >= 4 is 49.1 Å². The van der Waals surface area contributed by atoms with Gasteiger partial charge in [-0.05, 0) is 75.9 Å². The lowest BCUT2D eigenvalue weighted by molar-refractivity contribution is -0.118. The fraction of sp³-hybridized carbons (Fsp3) is 0.571. The largest absolute Gasteiger partial charge is 0.393 e. The van der Waals surface area contributed by atoms with Crippen molar-refractivity contribution in [3.8, 4) is 0 Å². The Bertz CT molecular complexity index is 702. The van der Waals surface area contributed by atoms with Crippen LogP contribution in [0.2, 0.25) is 0 Å². The van der Waals surface area contributed by atoms with Gasteiger partial charge >= 0.3 is 0 Å². The molecule has 1 aromatic heterocycles. The van der Waals surface area contributed by atoms with Gasteiger partial charge in [-0.2, -0.15) is 0 Å². The fourth-order valence-electron chi connectivity index (χ4n) is 3.63. The molecule has 0 bridgehead atoms. The molecule has 0 saturated heterocycles. The zero-order valence-corrected chi connectivity index (χ0v) is 20.2. The number of carbonyl (C=O) groups excluding carboxylic acids is 1. The molecule has 162 valence electrons. The summed E-state index contributed by atoms with van der Waals surface area (Å²) in [5.74, 6) is -0.555. The van der Waals surface area contributed by atoms with Crippen molar-refractivity contribution in [1.29, 1.82) is 0 Å². The summed E-state index contributed by atoms with van der Waals surface area (Å²) in [7, 11) is 0. The summed E-state index contributed by atoms with van der Waals surface area (Å²) < 4.78 is 2.07.